The van der Waals surface area contributed by atoms with Gasteiger partial charge in [-0.05, 0) is 25.0 Å². The van der Waals surface area contributed by atoms with Crippen molar-refractivity contribution in [1.82, 2.24) is 9.55 Å². The summed E-state index contributed by atoms with van der Waals surface area (Å²) in [4.78, 5) is 15.8. The van der Waals surface area contributed by atoms with Crippen molar-refractivity contribution in [3.63, 3.8) is 0 Å². The molecule has 2 aromatic rings. The summed E-state index contributed by atoms with van der Waals surface area (Å²) in [5.74, 6) is -0.886. The SMILES string of the molecule is CCCCC(CCC)n1cnc2cccc(C(=O)O)c21. The van der Waals surface area contributed by atoms with E-state index in [-0.39, 0.29) is 0 Å². The van der Waals surface area contributed by atoms with Crippen LogP contribution in [0.2, 0.25) is 0 Å². The monoisotopic (exact) mass is 274 g/mol. The molecule has 1 heterocycles. The summed E-state index contributed by atoms with van der Waals surface area (Å²) in [6.07, 6.45) is 7.32. The minimum Gasteiger partial charge on any atom is -0.478 e. The van der Waals surface area contributed by atoms with Gasteiger partial charge in [-0.1, -0.05) is 39.2 Å². The second-order valence-electron chi connectivity index (χ2n) is 5.22. The number of unbranched alkanes of at least 4 members (excludes halogenated alkanes) is 1. The number of benzene rings is 1. The van der Waals surface area contributed by atoms with Gasteiger partial charge in [0.05, 0.1) is 22.9 Å². The van der Waals surface area contributed by atoms with Crippen LogP contribution in [0.25, 0.3) is 11.0 Å². The van der Waals surface area contributed by atoms with Gasteiger partial charge in [-0.3, -0.25) is 0 Å². The highest BCUT2D eigenvalue weighted by Crippen LogP contribution is 2.27. The first-order valence-electron chi connectivity index (χ1n) is 7.37. The van der Waals surface area contributed by atoms with Gasteiger partial charge in [-0.2, -0.15) is 0 Å². The maximum absolute atomic E-state index is 11.4. The molecule has 20 heavy (non-hydrogen) atoms. The fourth-order valence-corrected chi connectivity index (χ4v) is 2.73. The minimum absolute atomic E-state index is 0.338. The first-order chi connectivity index (χ1) is 9.69. The van der Waals surface area contributed by atoms with E-state index in [1.54, 1.807) is 18.5 Å². The molecular weight excluding hydrogens is 252 g/mol. The number of carboxylic acids is 1. The van der Waals surface area contributed by atoms with Gasteiger partial charge in [0, 0.05) is 6.04 Å². The first kappa shape index (κ1) is 14.6. The summed E-state index contributed by atoms with van der Waals surface area (Å²) in [5, 5.41) is 9.37. The van der Waals surface area contributed by atoms with Crippen LogP contribution in [0.3, 0.4) is 0 Å². The van der Waals surface area contributed by atoms with Crippen LogP contribution in [0.15, 0.2) is 24.5 Å². The molecule has 1 unspecified atom stereocenters. The average Bonchev–Trinajstić information content (AvgIpc) is 2.87. The topological polar surface area (TPSA) is 55.1 Å². The summed E-state index contributed by atoms with van der Waals surface area (Å²) >= 11 is 0. The molecule has 4 nitrogen and oxygen atoms in total. The molecule has 0 amide bonds. The van der Waals surface area contributed by atoms with E-state index >= 15 is 0 Å². The van der Waals surface area contributed by atoms with Gasteiger partial charge >= 0.3 is 5.97 Å². The van der Waals surface area contributed by atoms with Gasteiger partial charge < -0.3 is 9.67 Å². The number of aromatic carboxylic acids is 1. The van der Waals surface area contributed by atoms with Gasteiger partial charge in [-0.25, -0.2) is 9.78 Å². The summed E-state index contributed by atoms with van der Waals surface area (Å²) in [6.45, 7) is 4.34. The van der Waals surface area contributed by atoms with Gasteiger partial charge in [0.2, 0.25) is 0 Å². The summed E-state index contributed by atoms with van der Waals surface area (Å²) in [5.41, 5.74) is 1.87. The van der Waals surface area contributed by atoms with Gasteiger partial charge in [0.15, 0.2) is 0 Å². The number of imidazole rings is 1. The highest BCUT2D eigenvalue weighted by molar-refractivity contribution is 6.01. The number of hydrogen-bond donors (Lipinski definition) is 1. The molecule has 1 aromatic carbocycles. The zero-order chi connectivity index (χ0) is 14.5. The molecule has 108 valence electrons. The van der Waals surface area contributed by atoms with Crippen LogP contribution in [0, 0.1) is 0 Å². The number of hydrogen-bond acceptors (Lipinski definition) is 2. The van der Waals surface area contributed by atoms with Crippen LogP contribution in [0.5, 0.6) is 0 Å². The molecule has 0 radical (unpaired) electrons. The fraction of sp³-hybridized carbons (Fsp3) is 0.500. The van der Waals surface area contributed by atoms with Crippen molar-refractivity contribution in [3.05, 3.63) is 30.1 Å². The van der Waals surface area contributed by atoms with Crippen LogP contribution in [-0.2, 0) is 0 Å². The third kappa shape index (κ3) is 2.84. The molecule has 0 saturated carbocycles. The summed E-state index contributed by atoms with van der Waals surface area (Å²) < 4.78 is 2.07. The normalized spacial score (nSPS) is 12.7. The molecule has 4 heteroatoms. The van der Waals surface area contributed by atoms with Crippen LogP contribution in [0.4, 0.5) is 0 Å². The standard InChI is InChI=1S/C16H22N2O2/c1-3-5-8-12(7-4-2)18-11-17-14-10-6-9-13(15(14)18)16(19)20/h6,9-12H,3-5,7-8H2,1-2H3,(H,19,20). The number of para-hydroxylation sites is 1. The third-order valence-electron chi connectivity index (χ3n) is 3.73. The lowest BCUT2D eigenvalue weighted by Crippen LogP contribution is -2.10. The Morgan fingerprint density at radius 3 is 2.75 bits per heavy atom. The Kier molecular flexibility index (Phi) is 4.77. The van der Waals surface area contributed by atoms with Crippen molar-refractivity contribution < 1.29 is 9.90 Å². The number of carboxylic acid groups (broad SMARTS) is 1. The number of rotatable bonds is 7. The van der Waals surface area contributed by atoms with Crippen LogP contribution in [-0.4, -0.2) is 20.6 Å². The van der Waals surface area contributed by atoms with Crippen LogP contribution in [0.1, 0.15) is 62.4 Å². The molecule has 1 aromatic heterocycles. The van der Waals surface area contributed by atoms with Crippen molar-refractivity contribution in [2.75, 3.05) is 0 Å². The van der Waals surface area contributed by atoms with Crippen LogP contribution >= 0.6 is 0 Å². The van der Waals surface area contributed by atoms with E-state index in [0.29, 0.717) is 11.6 Å². The summed E-state index contributed by atoms with van der Waals surface area (Å²) in [7, 11) is 0. The second kappa shape index (κ2) is 6.55. The van der Waals surface area contributed by atoms with E-state index in [1.807, 2.05) is 6.07 Å². The Morgan fingerprint density at radius 2 is 2.10 bits per heavy atom. The predicted molar refractivity (Wildman–Crippen MR) is 80.2 cm³/mol. The smallest absolute Gasteiger partial charge is 0.337 e. The molecule has 1 atom stereocenters. The molecule has 0 aliphatic heterocycles. The van der Waals surface area contributed by atoms with Crippen molar-refractivity contribution in [2.24, 2.45) is 0 Å². The average molecular weight is 274 g/mol. The Balaban J connectivity index is 2.48. The number of fused-ring (bicyclic) bond motifs is 1. The summed E-state index contributed by atoms with van der Waals surface area (Å²) in [6, 6.07) is 5.63. The highest BCUT2D eigenvalue weighted by atomic mass is 16.4. The van der Waals surface area contributed by atoms with E-state index in [0.717, 1.165) is 43.1 Å². The lowest BCUT2D eigenvalue weighted by atomic mass is 10.0. The van der Waals surface area contributed by atoms with Crippen molar-refractivity contribution in [2.45, 2.75) is 52.0 Å². The largest absolute Gasteiger partial charge is 0.478 e. The fourth-order valence-electron chi connectivity index (χ4n) is 2.73. The van der Waals surface area contributed by atoms with Gasteiger partial charge in [-0.15, -0.1) is 0 Å². The second-order valence-corrected chi connectivity index (χ2v) is 5.22. The number of nitrogens with zero attached hydrogens (tertiary/aromatic N) is 2. The Morgan fingerprint density at radius 1 is 1.30 bits per heavy atom. The quantitative estimate of drug-likeness (QED) is 0.820. The van der Waals surface area contributed by atoms with Gasteiger partial charge in [0.25, 0.3) is 0 Å². The molecule has 0 aliphatic carbocycles. The number of carbonyl (C=O) groups is 1. The van der Waals surface area contributed by atoms with E-state index < -0.39 is 5.97 Å². The van der Waals surface area contributed by atoms with Gasteiger partial charge in [0.1, 0.15) is 0 Å². The lowest BCUT2D eigenvalue weighted by molar-refractivity contribution is 0.0698. The zero-order valence-corrected chi connectivity index (χ0v) is 12.2. The molecule has 0 spiro atoms. The maximum atomic E-state index is 11.4. The Hall–Kier alpha value is -1.84. The Bertz CT molecular complexity index is 589. The third-order valence-corrected chi connectivity index (χ3v) is 3.73. The van der Waals surface area contributed by atoms with Crippen molar-refractivity contribution in [1.29, 1.82) is 0 Å². The van der Waals surface area contributed by atoms with E-state index in [4.69, 9.17) is 0 Å². The minimum atomic E-state index is -0.886. The maximum Gasteiger partial charge on any atom is 0.337 e. The van der Waals surface area contributed by atoms with Crippen molar-refractivity contribution >= 4 is 17.0 Å². The molecule has 0 fully saturated rings. The Labute approximate surface area is 119 Å². The van der Waals surface area contributed by atoms with E-state index in [9.17, 15) is 9.90 Å². The molecule has 1 N–H and O–H groups in total. The molecule has 2 rings (SSSR count). The molecular formula is C16H22N2O2. The first-order valence-corrected chi connectivity index (χ1v) is 7.37. The van der Waals surface area contributed by atoms with Crippen LogP contribution < -0.4 is 0 Å². The zero-order valence-electron chi connectivity index (χ0n) is 12.2. The molecule has 0 saturated heterocycles. The molecule has 0 aliphatic rings. The molecule has 0 bridgehead atoms. The van der Waals surface area contributed by atoms with E-state index in [2.05, 4.69) is 23.4 Å². The number of aromatic nitrogens is 2. The lowest BCUT2D eigenvalue weighted by Gasteiger charge is -2.19. The van der Waals surface area contributed by atoms with E-state index in [1.165, 1.54) is 0 Å². The highest BCUT2D eigenvalue weighted by Gasteiger charge is 2.18. The van der Waals surface area contributed by atoms with Crippen molar-refractivity contribution in [3.8, 4) is 0 Å². The predicted octanol–water partition coefficient (Wildman–Crippen LogP) is 4.27.